The van der Waals surface area contributed by atoms with Gasteiger partial charge in [-0.05, 0) is 25.8 Å². The van der Waals surface area contributed by atoms with Crippen LogP contribution in [0.5, 0.6) is 0 Å². The highest BCUT2D eigenvalue weighted by atomic mass is 16.1. The van der Waals surface area contributed by atoms with E-state index < -0.39 is 0 Å². The Balaban J connectivity index is 2.62. The van der Waals surface area contributed by atoms with Crippen molar-refractivity contribution in [2.24, 2.45) is 5.73 Å². The van der Waals surface area contributed by atoms with Crippen molar-refractivity contribution in [2.45, 2.75) is 46.1 Å². The van der Waals surface area contributed by atoms with Crippen molar-refractivity contribution in [2.75, 3.05) is 0 Å². The van der Waals surface area contributed by atoms with E-state index in [1.165, 1.54) is 11.1 Å². The fraction of sp³-hybridized carbons (Fsp3) is 0.500. The number of aryl methyl sites for hydroxylation is 2. The quantitative estimate of drug-likeness (QED) is 0.827. The van der Waals surface area contributed by atoms with Crippen molar-refractivity contribution in [1.82, 2.24) is 0 Å². The predicted octanol–water partition coefficient (Wildman–Crippen LogP) is 2.54. The summed E-state index contributed by atoms with van der Waals surface area (Å²) in [6.07, 6.45) is 1.86. The molecule has 2 nitrogen and oxygen atoms in total. The molecular formula is C14H21NO. The van der Waals surface area contributed by atoms with Crippen LogP contribution in [0.25, 0.3) is 0 Å². The molecule has 0 fully saturated rings. The fourth-order valence-corrected chi connectivity index (χ4v) is 1.91. The average Bonchev–Trinajstić information content (AvgIpc) is 2.15. The van der Waals surface area contributed by atoms with Gasteiger partial charge in [0.2, 0.25) is 0 Å². The van der Waals surface area contributed by atoms with E-state index in [1.807, 2.05) is 6.92 Å². The summed E-state index contributed by atoms with van der Waals surface area (Å²) in [4.78, 5) is 11.7. The van der Waals surface area contributed by atoms with Crippen molar-refractivity contribution in [3.05, 3.63) is 34.9 Å². The second-order valence-electron chi connectivity index (χ2n) is 4.58. The maximum Gasteiger partial charge on any atom is 0.138 e. The molecular weight excluding hydrogens is 198 g/mol. The maximum atomic E-state index is 11.7. The van der Waals surface area contributed by atoms with Gasteiger partial charge in [0, 0.05) is 18.9 Å². The van der Waals surface area contributed by atoms with Crippen molar-refractivity contribution in [3.8, 4) is 0 Å². The standard InChI is InChI=1S/C14H21NO/c1-4-13(15)9-14(16)8-12-6-10(2)5-11(3)7-12/h5-7,13H,4,8-9,15H2,1-3H3. The number of rotatable bonds is 5. The zero-order valence-electron chi connectivity index (χ0n) is 10.4. The first-order valence-corrected chi connectivity index (χ1v) is 5.85. The van der Waals surface area contributed by atoms with Crippen LogP contribution in [0.2, 0.25) is 0 Å². The molecule has 1 unspecified atom stereocenters. The molecule has 0 aliphatic carbocycles. The van der Waals surface area contributed by atoms with Gasteiger partial charge in [0.15, 0.2) is 0 Å². The van der Waals surface area contributed by atoms with Crippen LogP contribution < -0.4 is 5.73 Å². The van der Waals surface area contributed by atoms with Crippen molar-refractivity contribution in [3.63, 3.8) is 0 Å². The van der Waals surface area contributed by atoms with Crippen molar-refractivity contribution < 1.29 is 4.79 Å². The number of benzene rings is 1. The van der Waals surface area contributed by atoms with Crippen LogP contribution in [0.15, 0.2) is 18.2 Å². The van der Waals surface area contributed by atoms with Gasteiger partial charge in [-0.15, -0.1) is 0 Å². The van der Waals surface area contributed by atoms with Gasteiger partial charge in [-0.3, -0.25) is 4.79 Å². The van der Waals surface area contributed by atoms with Gasteiger partial charge in [-0.1, -0.05) is 36.2 Å². The van der Waals surface area contributed by atoms with Gasteiger partial charge in [-0.25, -0.2) is 0 Å². The third-order valence-electron chi connectivity index (χ3n) is 2.70. The van der Waals surface area contributed by atoms with E-state index in [4.69, 9.17) is 5.73 Å². The lowest BCUT2D eigenvalue weighted by molar-refractivity contribution is -0.118. The minimum atomic E-state index is 0.0124. The van der Waals surface area contributed by atoms with E-state index in [0.29, 0.717) is 12.8 Å². The van der Waals surface area contributed by atoms with E-state index in [2.05, 4.69) is 32.0 Å². The highest BCUT2D eigenvalue weighted by Crippen LogP contribution is 2.11. The van der Waals surface area contributed by atoms with E-state index >= 15 is 0 Å². The molecule has 1 aromatic rings. The molecule has 0 aliphatic heterocycles. The molecule has 1 atom stereocenters. The topological polar surface area (TPSA) is 43.1 Å². The Bertz CT molecular complexity index is 351. The van der Waals surface area contributed by atoms with E-state index in [-0.39, 0.29) is 11.8 Å². The van der Waals surface area contributed by atoms with Crippen LogP contribution >= 0.6 is 0 Å². The first-order chi connectivity index (χ1) is 7.51. The molecule has 0 saturated heterocycles. The molecule has 0 amide bonds. The molecule has 2 heteroatoms. The first kappa shape index (κ1) is 12.9. The fourth-order valence-electron chi connectivity index (χ4n) is 1.91. The van der Waals surface area contributed by atoms with Crippen LogP contribution in [0.1, 0.15) is 36.5 Å². The Morgan fingerprint density at radius 3 is 2.31 bits per heavy atom. The summed E-state index contributed by atoms with van der Waals surface area (Å²) in [5, 5.41) is 0. The molecule has 0 bridgehead atoms. The van der Waals surface area contributed by atoms with Gasteiger partial charge in [0.25, 0.3) is 0 Å². The first-order valence-electron chi connectivity index (χ1n) is 5.85. The number of Topliss-reactive ketones (excluding diaryl/α,β-unsaturated/α-hetero) is 1. The molecule has 0 aromatic heterocycles. The maximum absolute atomic E-state index is 11.7. The molecule has 1 aromatic carbocycles. The number of hydrogen-bond donors (Lipinski definition) is 1. The third-order valence-corrected chi connectivity index (χ3v) is 2.70. The number of ketones is 1. The Labute approximate surface area is 97.9 Å². The Hall–Kier alpha value is -1.15. The molecule has 88 valence electrons. The van der Waals surface area contributed by atoms with Crippen LogP contribution in [-0.2, 0) is 11.2 Å². The summed E-state index contributed by atoms with van der Waals surface area (Å²) >= 11 is 0. The minimum Gasteiger partial charge on any atom is -0.327 e. The molecule has 2 N–H and O–H groups in total. The van der Waals surface area contributed by atoms with Crippen molar-refractivity contribution in [1.29, 1.82) is 0 Å². The lowest BCUT2D eigenvalue weighted by atomic mass is 9.99. The average molecular weight is 219 g/mol. The predicted molar refractivity (Wildman–Crippen MR) is 67.5 cm³/mol. The minimum absolute atomic E-state index is 0.0124. The lowest BCUT2D eigenvalue weighted by Gasteiger charge is -2.08. The summed E-state index contributed by atoms with van der Waals surface area (Å²) in [7, 11) is 0. The molecule has 0 heterocycles. The van der Waals surface area contributed by atoms with Gasteiger partial charge in [-0.2, -0.15) is 0 Å². The smallest absolute Gasteiger partial charge is 0.138 e. The van der Waals surface area contributed by atoms with Gasteiger partial charge >= 0.3 is 0 Å². The third kappa shape index (κ3) is 4.15. The second-order valence-corrected chi connectivity index (χ2v) is 4.58. The highest BCUT2D eigenvalue weighted by molar-refractivity contribution is 5.81. The second kappa shape index (κ2) is 5.80. The number of carbonyl (C=O) groups is 1. The van der Waals surface area contributed by atoms with Gasteiger partial charge in [0.1, 0.15) is 5.78 Å². The number of carbonyl (C=O) groups excluding carboxylic acids is 1. The molecule has 0 spiro atoms. The largest absolute Gasteiger partial charge is 0.327 e. The molecule has 0 saturated carbocycles. The van der Waals surface area contributed by atoms with Crippen molar-refractivity contribution >= 4 is 5.78 Å². The highest BCUT2D eigenvalue weighted by Gasteiger charge is 2.09. The lowest BCUT2D eigenvalue weighted by Crippen LogP contribution is -2.23. The van der Waals surface area contributed by atoms with Gasteiger partial charge < -0.3 is 5.73 Å². The Morgan fingerprint density at radius 1 is 1.25 bits per heavy atom. The van der Waals surface area contributed by atoms with Crippen LogP contribution in [0.3, 0.4) is 0 Å². The summed E-state index contributed by atoms with van der Waals surface area (Å²) in [6, 6.07) is 6.27. The molecule has 1 rings (SSSR count). The Kier molecular flexibility index (Phi) is 4.69. The van der Waals surface area contributed by atoms with Crippen LogP contribution in [0, 0.1) is 13.8 Å². The summed E-state index contributed by atoms with van der Waals surface area (Å²) in [5.41, 5.74) is 9.29. The van der Waals surface area contributed by atoms with Crippen LogP contribution in [-0.4, -0.2) is 11.8 Å². The monoisotopic (exact) mass is 219 g/mol. The summed E-state index contributed by atoms with van der Waals surface area (Å²) in [5.74, 6) is 0.236. The van der Waals surface area contributed by atoms with E-state index in [1.54, 1.807) is 0 Å². The molecule has 0 aliphatic rings. The normalized spacial score (nSPS) is 12.5. The van der Waals surface area contributed by atoms with Crippen LogP contribution in [0.4, 0.5) is 0 Å². The van der Waals surface area contributed by atoms with E-state index in [0.717, 1.165) is 12.0 Å². The zero-order chi connectivity index (χ0) is 12.1. The Morgan fingerprint density at radius 2 is 1.81 bits per heavy atom. The number of hydrogen-bond acceptors (Lipinski definition) is 2. The summed E-state index contributed by atoms with van der Waals surface area (Å²) < 4.78 is 0. The van der Waals surface area contributed by atoms with E-state index in [9.17, 15) is 4.79 Å². The summed E-state index contributed by atoms with van der Waals surface area (Å²) in [6.45, 7) is 6.12. The SMILES string of the molecule is CCC(N)CC(=O)Cc1cc(C)cc(C)c1. The molecule has 0 radical (unpaired) electrons. The zero-order valence-corrected chi connectivity index (χ0v) is 10.4. The number of nitrogens with two attached hydrogens (primary N) is 1. The van der Waals surface area contributed by atoms with Gasteiger partial charge in [0.05, 0.1) is 0 Å². The molecule has 16 heavy (non-hydrogen) atoms.